The summed E-state index contributed by atoms with van der Waals surface area (Å²) < 4.78 is 0. The number of amides is 2. The molecule has 0 radical (unpaired) electrons. The Morgan fingerprint density at radius 3 is 2.50 bits per heavy atom. The van der Waals surface area contributed by atoms with Crippen LogP contribution in [0.15, 0.2) is 24.3 Å². The highest BCUT2D eigenvalue weighted by molar-refractivity contribution is 5.80. The van der Waals surface area contributed by atoms with Crippen LogP contribution in [0.5, 0.6) is 0 Å². The third kappa shape index (κ3) is 5.09. The number of carbonyl (C=O) groups is 2. The summed E-state index contributed by atoms with van der Waals surface area (Å²) in [6.45, 7) is 4.09. The average molecular weight is 327 g/mol. The molecule has 1 aromatic carbocycles. The van der Waals surface area contributed by atoms with Crippen molar-refractivity contribution in [2.45, 2.75) is 39.0 Å². The number of benzene rings is 1. The van der Waals surface area contributed by atoms with E-state index < -0.39 is 0 Å². The third-order valence-corrected chi connectivity index (χ3v) is 4.48. The molecule has 1 heterocycles. The van der Waals surface area contributed by atoms with Gasteiger partial charge >= 0.3 is 0 Å². The fraction of sp³-hybridized carbons (Fsp3) is 0.526. The summed E-state index contributed by atoms with van der Waals surface area (Å²) in [4.78, 5) is 26.1. The quantitative estimate of drug-likeness (QED) is 0.871. The monoisotopic (exact) mass is 327 g/mol. The highest BCUT2D eigenvalue weighted by atomic mass is 16.2. The second kappa shape index (κ2) is 9.07. The predicted molar refractivity (Wildman–Crippen MR) is 92.1 cm³/mol. The number of likely N-dealkylation sites (tertiary alicyclic amines) is 1. The molecule has 128 valence electrons. The maximum absolute atomic E-state index is 12.3. The standard InChI is InChI=1S/C19H25N3O2/c1-2-11-21-19(24)17-9-12-22(13-10-17)18(23)8-7-15-3-5-16(14-20)6-4-15/h3-6,17H,2,7-13H2,1H3,(H,21,24). The van der Waals surface area contributed by atoms with Gasteiger partial charge in [0, 0.05) is 32.0 Å². The highest BCUT2D eigenvalue weighted by Gasteiger charge is 2.26. The molecule has 5 heteroatoms. The van der Waals surface area contributed by atoms with E-state index in [-0.39, 0.29) is 17.7 Å². The zero-order valence-corrected chi connectivity index (χ0v) is 14.3. The van der Waals surface area contributed by atoms with E-state index in [2.05, 4.69) is 11.4 Å². The topological polar surface area (TPSA) is 73.2 Å². The van der Waals surface area contributed by atoms with Crippen molar-refractivity contribution in [1.82, 2.24) is 10.2 Å². The molecule has 5 nitrogen and oxygen atoms in total. The molecule has 0 atom stereocenters. The number of hydrogen-bond donors (Lipinski definition) is 1. The molecule has 1 N–H and O–H groups in total. The van der Waals surface area contributed by atoms with Crippen LogP contribution in [0.3, 0.4) is 0 Å². The van der Waals surface area contributed by atoms with Gasteiger partial charge in [-0.3, -0.25) is 9.59 Å². The van der Waals surface area contributed by atoms with Crippen molar-refractivity contribution in [1.29, 1.82) is 5.26 Å². The lowest BCUT2D eigenvalue weighted by Crippen LogP contribution is -2.43. The summed E-state index contributed by atoms with van der Waals surface area (Å²) in [6.07, 6.45) is 3.59. The molecule has 1 saturated heterocycles. The predicted octanol–water partition coefficient (Wildman–Crippen LogP) is 2.26. The second-order valence-electron chi connectivity index (χ2n) is 6.25. The molecule has 0 aliphatic carbocycles. The van der Waals surface area contributed by atoms with E-state index in [1.165, 1.54) is 0 Å². The minimum absolute atomic E-state index is 0.0409. The number of nitrogens with one attached hydrogen (secondary N) is 1. The van der Waals surface area contributed by atoms with Gasteiger partial charge in [0.2, 0.25) is 11.8 Å². The molecule has 24 heavy (non-hydrogen) atoms. The molecule has 2 rings (SSSR count). The van der Waals surface area contributed by atoms with Crippen LogP contribution >= 0.6 is 0 Å². The van der Waals surface area contributed by atoms with Crippen LogP contribution in [0, 0.1) is 17.2 Å². The molecule has 1 fully saturated rings. The molecule has 0 aromatic heterocycles. The first kappa shape index (κ1) is 18.0. The first-order valence-corrected chi connectivity index (χ1v) is 8.68. The first-order valence-electron chi connectivity index (χ1n) is 8.68. The van der Waals surface area contributed by atoms with Crippen molar-refractivity contribution in [3.8, 4) is 6.07 Å². The average Bonchev–Trinajstić information content (AvgIpc) is 2.64. The van der Waals surface area contributed by atoms with Crippen molar-refractivity contribution in [2.75, 3.05) is 19.6 Å². The first-order chi connectivity index (χ1) is 11.6. The van der Waals surface area contributed by atoms with E-state index in [1.54, 1.807) is 12.1 Å². The zero-order valence-electron chi connectivity index (χ0n) is 14.3. The SMILES string of the molecule is CCCNC(=O)C1CCN(C(=O)CCc2ccc(C#N)cc2)CC1. The second-order valence-corrected chi connectivity index (χ2v) is 6.25. The van der Waals surface area contributed by atoms with Gasteiger partial charge in [-0.25, -0.2) is 0 Å². The maximum Gasteiger partial charge on any atom is 0.223 e. The number of aryl methyl sites for hydroxylation is 1. The van der Waals surface area contributed by atoms with Crippen molar-refractivity contribution in [2.24, 2.45) is 5.92 Å². The van der Waals surface area contributed by atoms with Gasteiger partial charge in [-0.2, -0.15) is 5.26 Å². The summed E-state index contributed by atoms with van der Waals surface area (Å²) in [5.74, 6) is 0.312. The van der Waals surface area contributed by atoms with E-state index in [4.69, 9.17) is 5.26 Å². The molecule has 2 amide bonds. The lowest BCUT2D eigenvalue weighted by molar-refractivity contribution is -0.135. The van der Waals surface area contributed by atoms with Crippen LogP contribution in [-0.2, 0) is 16.0 Å². The summed E-state index contributed by atoms with van der Waals surface area (Å²) in [6, 6.07) is 9.44. The number of rotatable bonds is 6. The van der Waals surface area contributed by atoms with Crippen molar-refractivity contribution in [3.05, 3.63) is 35.4 Å². The van der Waals surface area contributed by atoms with Crippen LogP contribution in [0.2, 0.25) is 0 Å². The van der Waals surface area contributed by atoms with Crippen LogP contribution in [-0.4, -0.2) is 36.3 Å². The van der Waals surface area contributed by atoms with E-state index in [1.807, 2.05) is 24.0 Å². The number of carbonyl (C=O) groups excluding carboxylic acids is 2. The summed E-state index contributed by atoms with van der Waals surface area (Å²) in [5, 5.41) is 11.7. The van der Waals surface area contributed by atoms with E-state index in [9.17, 15) is 9.59 Å². The van der Waals surface area contributed by atoms with Crippen molar-refractivity contribution < 1.29 is 9.59 Å². The minimum atomic E-state index is 0.0409. The largest absolute Gasteiger partial charge is 0.356 e. The van der Waals surface area contributed by atoms with Crippen LogP contribution in [0.1, 0.15) is 43.7 Å². The zero-order chi connectivity index (χ0) is 17.4. The van der Waals surface area contributed by atoms with Gasteiger partial charge in [0.25, 0.3) is 0 Å². The van der Waals surface area contributed by atoms with Gasteiger partial charge in [0.15, 0.2) is 0 Å². The maximum atomic E-state index is 12.3. The van der Waals surface area contributed by atoms with E-state index in [0.717, 1.165) is 31.4 Å². The highest BCUT2D eigenvalue weighted by Crippen LogP contribution is 2.18. The fourth-order valence-corrected chi connectivity index (χ4v) is 2.94. The Kier molecular flexibility index (Phi) is 6.80. The van der Waals surface area contributed by atoms with Gasteiger partial charge in [-0.05, 0) is 43.4 Å². The summed E-state index contributed by atoms with van der Waals surface area (Å²) in [5.41, 5.74) is 1.70. The minimum Gasteiger partial charge on any atom is -0.356 e. The van der Waals surface area contributed by atoms with Gasteiger partial charge in [0.1, 0.15) is 0 Å². The van der Waals surface area contributed by atoms with Crippen LogP contribution in [0.25, 0.3) is 0 Å². The number of hydrogen-bond acceptors (Lipinski definition) is 3. The Labute approximate surface area is 143 Å². The van der Waals surface area contributed by atoms with Gasteiger partial charge < -0.3 is 10.2 Å². The van der Waals surface area contributed by atoms with Crippen molar-refractivity contribution in [3.63, 3.8) is 0 Å². The Morgan fingerprint density at radius 2 is 1.92 bits per heavy atom. The molecular formula is C19H25N3O2. The Bertz CT molecular complexity index is 596. The molecule has 0 bridgehead atoms. The molecule has 1 aliphatic rings. The van der Waals surface area contributed by atoms with Crippen molar-refractivity contribution >= 4 is 11.8 Å². The van der Waals surface area contributed by atoms with Gasteiger partial charge in [-0.15, -0.1) is 0 Å². The van der Waals surface area contributed by atoms with Gasteiger partial charge in [0.05, 0.1) is 11.6 Å². The molecular weight excluding hydrogens is 302 g/mol. The number of nitriles is 1. The number of nitrogens with zero attached hydrogens (tertiary/aromatic N) is 2. The number of piperidine rings is 1. The molecule has 0 saturated carbocycles. The van der Waals surface area contributed by atoms with Gasteiger partial charge in [-0.1, -0.05) is 19.1 Å². The smallest absolute Gasteiger partial charge is 0.223 e. The molecule has 0 unspecified atom stereocenters. The van der Waals surface area contributed by atoms with E-state index in [0.29, 0.717) is 31.5 Å². The molecule has 0 spiro atoms. The lowest BCUT2D eigenvalue weighted by Gasteiger charge is -2.31. The molecule has 1 aliphatic heterocycles. The normalized spacial score (nSPS) is 14.9. The van der Waals surface area contributed by atoms with E-state index >= 15 is 0 Å². The van der Waals surface area contributed by atoms with Crippen LogP contribution < -0.4 is 5.32 Å². The molecule has 1 aromatic rings. The lowest BCUT2D eigenvalue weighted by atomic mass is 9.95. The fourth-order valence-electron chi connectivity index (χ4n) is 2.94. The Hall–Kier alpha value is -2.35. The third-order valence-electron chi connectivity index (χ3n) is 4.48. The summed E-state index contributed by atoms with van der Waals surface area (Å²) >= 11 is 0. The Balaban J connectivity index is 1.74. The van der Waals surface area contributed by atoms with Crippen LogP contribution in [0.4, 0.5) is 0 Å². The summed E-state index contributed by atoms with van der Waals surface area (Å²) in [7, 11) is 0. The Morgan fingerprint density at radius 1 is 1.25 bits per heavy atom.